The van der Waals surface area contributed by atoms with E-state index >= 15 is 0 Å². The summed E-state index contributed by atoms with van der Waals surface area (Å²) < 4.78 is 5.31. The first-order valence-electron chi connectivity index (χ1n) is 6.06. The van der Waals surface area contributed by atoms with Crippen molar-refractivity contribution in [2.45, 2.75) is 13.8 Å². The van der Waals surface area contributed by atoms with Crippen LogP contribution in [0.5, 0.6) is 0 Å². The molecule has 1 aromatic carbocycles. The van der Waals surface area contributed by atoms with Crippen molar-refractivity contribution in [3.63, 3.8) is 0 Å². The van der Waals surface area contributed by atoms with Crippen molar-refractivity contribution in [1.82, 2.24) is 4.98 Å². The van der Waals surface area contributed by atoms with Gasteiger partial charge in [0.15, 0.2) is 5.13 Å². The topological polar surface area (TPSA) is 38.1 Å². The number of aromatic nitrogens is 1. The van der Waals surface area contributed by atoms with Gasteiger partial charge in [-0.25, -0.2) is 4.98 Å². The summed E-state index contributed by atoms with van der Waals surface area (Å²) >= 11 is 1.59. The van der Waals surface area contributed by atoms with Gasteiger partial charge in [0, 0.05) is 16.6 Å². The fraction of sp³-hybridized carbons (Fsp3) is 0.133. The van der Waals surface area contributed by atoms with Crippen molar-refractivity contribution >= 4 is 22.2 Å². The molecule has 0 radical (unpaired) electrons. The zero-order valence-corrected chi connectivity index (χ0v) is 11.6. The van der Waals surface area contributed by atoms with E-state index in [1.165, 1.54) is 5.56 Å². The quantitative estimate of drug-likeness (QED) is 0.745. The third-order valence-corrected chi connectivity index (χ3v) is 3.67. The van der Waals surface area contributed by atoms with E-state index in [1.54, 1.807) is 17.6 Å². The average Bonchev–Trinajstić information content (AvgIpc) is 2.98. The van der Waals surface area contributed by atoms with E-state index in [9.17, 15) is 0 Å². The molecule has 4 heteroatoms. The third kappa shape index (κ3) is 2.53. The number of anilines is 2. The minimum Gasteiger partial charge on any atom is -0.469 e. The maximum atomic E-state index is 5.31. The van der Waals surface area contributed by atoms with Crippen molar-refractivity contribution in [1.29, 1.82) is 0 Å². The molecule has 0 aliphatic carbocycles. The molecular weight excluding hydrogens is 256 g/mol. The summed E-state index contributed by atoms with van der Waals surface area (Å²) in [5.41, 5.74) is 4.29. The second-order valence-electron chi connectivity index (χ2n) is 4.42. The van der Waals surface area contributed by atoms with E-state index in [0.717, 1.165) is 27.8 Å². The van der Waals surface area contributed by atoms with Gasteiger partial charge >= 0.3 is 0 Å². The van der Waals surface area contributed by atoms with Gasteiger partial charge in [-0.05, 0) is 37.6 Å². The maximum Gasteiger partial charge on any atom is 0.187 e. The summed E-state index contributed by atoms with van der Waals surface area (Å²) in [4.78, 5) is 4.59. The third-order valence-electron chi connectivity index (χ3n) is 2.91. The Morgan fingerprint density at radius 1 is 1.21 bits per heavy atom. The summed E-state index contributed by atoms with van der Waals surface area (Å²) in [6.45, 7) is 4.02. The van der Waals surface area contributed by atoms with Crippen LogP contribution >= 0.6 is 11.3 Å². The van der Waals surface area contributed by atoms with Gasteiger partial charge in [0.2, 0.25) is 0 Å². The average molecular weight is 270 g/mol. The molecule has 3 nitrogen and oxygen atoms in total. The molecule has 0 spiro atoms. The molecule has 0 atom stereocenters. The van der Waals surface area contributed by atoms with Gasteiger partial charge in [0.05, 0.1) is 12.0 Å². The molecule has 0 unspecified atom stereocenters. The van der Waals surface area contributed by atoms with Crippen molar-refractivity contribution in [2.24, 2.45) is 0 Å². The first-order chi connectivity index (χ1) is 9.22. The van der Waals surface area contributed by atoms with Crippen LogP contribution in [-0.2, 0) is 0 Å². The number of rotatable bonds is 3. The van der Waals surface area contributed by atoms with E-state index in [0.29, 0.717) is 0 Å². The van der Waals surface area contributed by atoms with E-state index in [4.69, 9.17) is 4.42 Å². The summed E-state index contributed by atoms with van der Waals surface area (Å²) in [6.07, 6.45) is 1.69. The number of hydrogen-bond donors (Lipinski definition) is 1. The van der Waals surface area contributed by atoms with Gasteiger partial charge in [0.25, 0.3) is 0 Å². The van der Waals surface area contributed by atoms with Gasteiger partial charge in [0.1, 0.15) is 5.76 Å². The van der Waals surface area contributed by atoms with Crippen molar-refractivity contribution < 1.29 is 4.42 Å². The van der Waals surface area contributed by atoms with Crippen LogP contribution in [0.25, 0.3) is 11.3 Å². The first-order valence-corrected chi connectivity index (χ1v) is 6.94. The van der Waals surface area contributed by atoms with Crippen LogP contribution in [-0.4, -0.2) is 4.98 Å². The number of nitrogens with one attached hydrogen (secondary N) is 1. The van der Waals surface area contributed by atoms with Crippen LogP contribution < -0.4 is 5.32 Å². The number of hydrogen-bond acceptors (Lipinski definition) is 4. The Balaban J connectivity index is 1.84. The molecule has 0 bridgehead atoms. The van der Waals surface area contributed by atoms with Crippen LogP contribution in [0.2, 0.25) is 0 Å². The molecule has 2 aromatic heterocycles. The molecule has 19 heavy (non-hydrogen) atoms. The molecule has 0 aliphatic heterocycles. The van der Waals surface area contributed by atoms with E-state index < -0.39 is 0 Å². The molecule has 0 aliphatic rings. The van der Waals surface area contributed by atoms with Gasteiger partial charge in [-0.1, -0.05) is 12.1 Å². The minimum absolute atomic E-state index is 0.890. The smallest absolute Gasteiger partial charge is 0.187 e. The Labute approximate surface area is 115 Å². The first kappa shape index (κ1) is 12.0. The highest BCUT2D eigenvalue weighted by molar-refractivity contribution is 7.14. The Morgan fingerprint density at radius 3 is 2.84 bits per heavy atom. The summed E-state index contributed by atoms with van der Waals surface area (Å²) in [6, 6.07) is 10.2. The monoisotopic (exact) mass is 270 g/mol. The molecule has 1 N–H and O–H groups in total. The summed E-state index contributed by atoms with van der Waals surface area (Å²) in [5.74, 6) is 0.896. The molecule has 0 saturated carbocycles. The number of furan rings is 1. The van der Waals surface area contributed by atoms with Gasteiger partial charge < -0.3 is 9.73 Å². The van der Waals surface area contributed by atoms with E-state index in [-0.39, 0.29) is 0 Å². The van der Waals surface area contributed by atoms with Crippen molar-refractivity contribution in [3.8, 4) is 11.3 Å². The predicted octanol–water partition coefficient (Wildman–Crippen LogP) is 4.76. The lowest BCUT2D eigenvalue weighted by Crippen LogP contribution is -1.89. The van der Waals surface area contributed by atoms with Gasteiger partial charge in [-0.2, -0.15) is 0 Å². The fourth-order valence-electron chi connectivity index (χ4n) is 1.95. The number of nitrogens with zero attached hydrogens (tertiary/aromatic N) is 1. The van der Waals surface area contributed by atoms with Crippen molar-refractivity contribution in [3.05, 3.63) is 53.3 Å². The SMILES string of the molecule is Cc1cccc(Nc2nc(-c3ccoc3C)cs2)c1. The van der Waals surface area contributed by atoms with E-state index in [1.807, 2.05) is 30.5 Å². The molecule has 0 saturated heterocycles. The Kier molecular flexibility index (Phi) is 3.09. The normalized spacial score (nSPS) is 10.6. The summed E-state index contributed by atoms with van der Waals surface area (Å²) in [7, 11) is 0. The molecule has 3 rings (SSSR count). The van der Waals surface area contributed by atoms with Crippen molar-refractivity contribution in [2.75, 3.05) is 5.32 Å². The van der Waals surface area contributed by atoms with Crippen LogP contribution in [0.4, 0.5) is 10.8 Å². The highest BCUT2D eigenvalue weighted by Gasteiger charge is 2.09. The highest BCUT2D eigenvalue weighted by Crippen LogP contribution is 2.29. The molecule has 0 amide bonds. The molecular formula is C15H14N2OS. The Bertz CT molecular complexity index is 700. The standard InChI is InChI=1S/C15H14N2OS/c1-10-4-3-5-12(8-10)16-15-17-14(9-19-15)13-6-7-18-11(13)2/h3-9H,1-2H3,(H,16,17). The minimum atomic E-state index is 0.890. The zero-order chi connectivity index (χ0) is 13.2. The lowest BCUT2D eigenvalue weighted by atomic mass is 10.2. The molecule has 2 heterocycles. The number of thiazole rings is 1. The molecule has 96 valence electrons. The highest BCUT2D eigenvalue weighted by atomic mass is 32.1. The molecule has 0 fully saturated rings. The Morgan fingerprint density at radius 2 is 2.11 bits per heavy atom. The second kappa shape index (κ2) is 4.90. The lowest BCUT2D eigenvalue weighted by Gasteiger charge is -2.02. The maximum absolute atomic E-state index is 5.31. The molecule has 3 aromatic rings. The number of aryl methyl sites for hydroxylation is 2. The summed E-state index contributed by atoms with van der Waals surface area (Å²) in [5, 5.41) is 6.25. The van der Waals surface area contributed by atoms with E-state index in [2.05, 4.69) is 29.4 Å². The van der Waals surface area contributed by atoms with Gasteiger partial charge in [-0.15, -0.1) is 11.3 Å². The number of benzene rings is 1. The van der Waals surface area contributed by atoms with Gasteiger partial charge in [-0.3, -0.25) is 0 Å². The van der Waals surface area contributed by atoms with Crippen LogP contribution in [0.3, 0.4) is 0 Å². The lowest BCUT2D eigenvalue weighted by molar-refractivity contribution is 0.535. The zero-order valence-electron chi connectivity index (χ0n) is 10.8. The predicted molar refractivity (Wildman–Crippen MR) is 79.0 cm³/mol. The van der Waals surface area contributed by atoms with Crippen LogP contribution in [0.15, 0.2) is 46.4 Å². The largest absolute Gasteiger partial charge is 0.469 e. The second-order valence-corrected chi connectivity index (χ2v) is 5.28. The van der Waals surface area contributed by atoms with Crippen LogP contribution in [0.1, 0.15) is 11.3 Å². The van der Waals surface area contributed by atoms with Crippen LogP contribution in [0, 0.1) is 13.8 Å². The Hall–Kier alpha value is -2.07. The fourth-order valence-corrected chi connectivity index (χ4v) is 2.68.